The molecular formula is C21H21FN4O. The van der Waals surface area contributed by atoms with Gasteiger partial charge in [-0.05, 0) is 49.6 Å². The number of nitrogens with one attached hydrogen (secondary N) is 2. The van der Waals surface area contributed by atoms with Crippen molar-refractivity contribution in [2.45, 2.75) is 20.3 Å². The zero-order valence-electron chi connectivity index (χ0n) is 15.3. The Hall–Kier alpha value is -3.28. The highest BCUT2D eigenvalue weighted by atomic mass is 19.1. The molecule has 0 spiro atoms. The molecule has 0 bridgehead atoms. The molecule has 0 atom stereocenters. The van der Waals surface area contributed by atoms with Crippen molar-refractivity contribution in [2.75, 3.05) is 17.2 Å². The number of carbonyl (C=O) groups excluding carboxylic acids is 1. The summed E-state index contributed by atoms with van der Waals surface area (Å²) in [7, 11) is 0. The van der Waals surface area contributed by atoms with E-state index in [1.807, 2.05) is 32.0 Å². The summed E-state index contributed by atoms with van der Waals surface area (Å²) < 4.78 is 13.6. The Balaban J connectivity index is 1.62. The zero-order chi connectivity index (χ0) is 19.2. The van der Waals surface area contributed by atoms with E-state index in [0.717, 1.165) is 16.8 Å². The fourth-order valence-electron chi connectivity index (χ4n) is 2.72. The second-order valence-electron chi connectivity index (χ2n) is 6.31. The van der Waals surface area contributed by atoms with Crippen LogP contribution in [0.3, 0.4) is 0 Å². The molecule has 6 heteroatoms. The highest BCUT2D eigenvalue weighted by Crippen LogP contribution is 2.17. The average molecular weight is 364 g/mol. The molecule has 0 aliphatic carbocycles. The number of nitrogens with zero attached hydrogens (tertiary/aromatic N) is 2. The number of amides is 1. The highest BCUT2D eigenvalue weighted by Gasteiger charge is 2.11. The highest BCUT2D eigenvalue weighted by molar-refractivity contribution is 6.03. The number of aromatic nitrogens is 2. The Kier molecular flexibility index (Phi) is 5.76. The molecule has 3 aromatic rings. The summed E-state index contributed by atoms with van der Waals surface area (Å²) in [6.07, 6.45) is 2.02. The van der Waals surface area contributed by atoms with Crippen molar-refractivity contribution in [2.24, 2.45) is 0 Å². The van der Waals surface area contributed by atoms with Gasteiger partial charge in [0.2, 0.25) is 5.95 Å². The number of hydrogen-bond acceptors (Lipinski definition) is 4. The van der Waals surface area contributed by atoms with E-state index in [2.05, 4.69) is 20.6 Å². The third-order valence-electron chi connectivity index (χ3n) is 4.15. The molecule has 2 aromatic carbocycles. The van der Waals surface area contributed by atoms with Gasteiger partial charge in [-0.3, -0.25) is 4.79 Å². The van der Waals surface area contributed by atoms with Crippen LogP contribution in [0.1, 0.15) is 27.2 Å². The van der Waals surface area contributed by atoms with Crippen LogP contribution in [-0.2, 0) is 6.42 Å². The van der Waals surface area contributed by atoms with Gasteiger partial charge in [-0.15, -0.1) is 0 Å². The van der Waals surface area contributed by atoms with Crippen LogP contribution in [0.5, 0.6) is 0 Å². The van der Waals surface area contributed by atoms with Crippen molar-refractivity contribution in [1.82, 2.24) is 9.97 Å². The molecule has 0 aliphatic heterocycles. The second-order valence-corrected chi connectivity index (χ2v) is 6.31. The molecular weight excluding hydrogens is 343 g/mol. The monoisotopic (exact) mass is 364 g/mol. The Labute approximate surface area is 157 Å². The number of anilines is 2. The molecule has 0 radical (unpaired) electrons. The molecule has 3 rings (SSSR count). The Bertz CT molecular complexity index is 958. The van der Waals surface area contributed by atoms with Crippen LogP contribution in [0.4, 0.5) is 16.0 Å². The SMILES string of the molecule is Cc1ccc(NC(=O)c2ccnc(NCCc3ccccc3F)n2)c(C)c1. The molecule has 0 aliphatic rings. The summed E-state index contributed by atoms with van der Waals surface area (Å²) in [6, 6.07) is 14.0. The van der Waals surface area contributed by atoms with Gasteiger partial charge in [0.15, 0.2) is 0 Å². The van der Waals surface area contributed by atoms with E-state index in [1.165, 1.54) is 12.3 Å². The van der Waals surface area contributed by atoms with Crippen LogP contribution in [-0.4, -0.2) is 22.4 Å². The predicted molar refractivity (Wildman–Crippen MR) is 104 cm³/mol. The van der Waals surface area contributed by atoms with E-state index in [-0.39, 0.29) is 17.4 Å². The first-order valence-electron chi connectivity index (χ1n) is 8.72. The first kappa shape index (κ1) is 18.5. The van der Waals surface area contributed by atoms with E-state index in [1.54, 1.807) is 24.3 Å². The lowest BCUT2D eigenvalue weighted by Crippen LogP contribution is -2.16. The van der Waals surface area contributed by atoms with Gasteiger partial charge in [0.05, 0.1) is 0 Å². The minimum absolute atomic E-state index is 0.234. The van der Waals surface area contributed by atoms with E-state index < -0.39 is 0 Å². The van der Waals surface area contributed by atoms with Crippen molar-refractivity contribution in [3.05, 3.63) is 82.9 Å². The van der Waals surface area contributed by atoms with Gasteiger partial charge in [-0.2, -0.15) is 0 Å². The summed E-state index contributed by atoms with van der Waals surface area (Å²) in [5, 5.41) is 5.89. The molecule has 5 nitrogen and oxygen atoms in total. The fourth-order valence-corrected chi connectivity index (χ4v) is 2.72. The van der Waals surface area contributed by atoms with Gasteiger partial charge in [0, 0.05) is 18.4 Å². The third-order valence-corrected chi connectivity index (χ3v) is 4.15. The summed E-state index contributed by atoms with van der Waals surface area (Å²) in [4.78, 5) is 20.8. The van der Waals surface area contributed by atoms with Gasteiger partial charge in [0.1, 0.15) is 11.5 Å². The summed E-state index contributed by atoms with van der Waals surface area (Å²) in [5.41, 5.74) is 3.75. The van der Waals surface area contributed by atoms with Crippen molar-refractivity contribution in [1.29, 1.82) is 0 Å². The lowest BCUT2D eigenvalue weighted by atomic mass is 10.1. The van der Waals surface area contributed by atoms with Crippen LogP contribution in [0.25, 0.3) is 0 Å². The minimum atomic E-state index is -0.304. The van der Waals surface area contributed by atoms with Gasteiger partial charge >= 0.3 is 0 Å². The maximum absolute atomic E-state index is 13.6. The molecule has 27 heavy (non-hydrogen) atoms. The van der Waals surface area contributed by atoms with Crippen molar-refractivity contribution >= 4 is 17.5 Å². The number of benzene rings is 2. The summed E-state index contributed by atoms with van der Waals surface area (Å²) >= 11 is 0. The Morgan fingerprint density at radius 1 is 1.11 bits per heavy atom. The topological polar surface area (TPSA) is 66.9 Å². The first-order chi connectivity index (χ1) is 13.0. The van der Waals surface area contributed by atoms with Gasteiger partial charge in [-0.25, -0.2) is 14.4 Å². The van der Waals surface area contributed by atoms with Crippen LogP contribution < -0.4 is 10.6 Å². The molecule has 138 valence electrons. The molecule has 1 heterocycles. The van der Waals surface area contributed by atoms with Crippen LogP contribution in [0, 0.1) is 19.7 Å². The number of halogens is 1. The van der Waals surface area contributed by atoms with Gasteiger partial charge in [0.25, 0.3) is 5.91 Å². The standard InChI is InChI=1S/C21H21FN4O/c1-14-7-8-18(15(2)13-14)25-20(27)19-10-12-24-21(26-19)23-11-9-16-5-3-4-6-17(16)22/h3-8,10,12-13H,9,11H2,1-2H3,(H,25,27)(H,23,24,26). The quantitative estimate of drug-likeness (QED) is 0.690. The van der Waals surface area contributed by atoms with E-state index in [0.29, 0.717) is 24.5 Å². The van der Waals surface area contributed by atoms with Crippen LogP contribution in [0.2, 0.25) is 0 Å². The maximum atomic E-state index is 13.6. The van der Waals surface area contributed by atoms with Crippen molar-refractivity contribution < 1.29 is 9.18 Å². The normalized spacial score (nSPS) is 10.5. The molecule has 1 amide bonds. The number of rotatable bonds is 6. The zero-order valence-corrected chi connectivity index (χ0v) is 15.3. The van der Waals surface area contributed by atoms with E-state index in [9.17, 15) is 9.18 Å². The molecule has 2 N–H and O–H groups in total. The van der Waals surface area contributed by atoms with Gasteiger partial charge < -0.3 is 10.6 Å². The number of aryl methyl sites for hydroxylation is 2. The Morgan fingerprint density at radius 2 is 1.93 bits per heavy atom. The van der Waals surface area contributed by atoms with Crippen molar-refractivity contribution in [3.8, 4) is 0 Å². The molecule has 0 saturated heterocycles. The summed E-state index contributed by atoms with van der Waals surface area (Å²) in [6.45, 7) is 4.41. The van der Waals surface area contributed by atoms with E-state index >= 15 is 0 Å². The lowest BCUT2D eigenvalue weighted by Gasteiger charge is -2.10. The van der Waals surface area contributed by atoms with Crippen molar-refractivity contribution in [3.63, 3.8) is 0 Å². The lowest BCUT2D eigenvalue weighted by molar-refractivity contribution is 0.102. The second kappa shape index (κ2) is 8.40. The van der Waals surface area contributed by atoms with Crippen LogP contribution in [0.15, 0.2) is 54.7 Å². The molecule has 0 fully saturated rings. The largest absolute Gasteiger partial charge is 0.354 e. The number of hydrogen-bond donors (Lipinski definition) is 2. The fraction of sp³-hybridized carbons (Fsp3) is 0.190. The maximum Gasteiger partial charge on any atom is 0.274 e. The summed E-state index contributed by atoms with van der Waals surface area (Å²) in [5.74, 6) is -0.206. The number of carbonyl (C=O) groups is 1. The smallest absolute Gasteiger partial charge is 0.274 e. The minimum Gasteiger partial charge on any atom is -0.354 e. The van der Waals surface area contributed by atoms with E-state index in [4.69, 9.17) is 0 Å². The Morgan fingerprint density at radius 3 is 2.70 bits per heavy atom. The van der Waals surface area contributed by atoms with Crippen LogP contribution >= 0.6 is 0 Å². The average Bonchev–Trinajstić information content (AvgIpc) is 2.66. The van der Waals surface area contributed by atoms with Gasteiger partial charge in [-0.1, -0.05) is 35.9 Å². The molecule has 0 unspecified atom stereocenters. The first-order valence-corrected chi connectivity index (χ1v) is 8.72. The predicted octanol–water partition coefficient (Wildman–Crippen LogP) is 4.14. The molecule has 1 aromatic heterocycles. The third kappa shape index (κ3) is 4.88. The molecule has 0 saturated carbocycles.